The van der Waals surface area contributed by atoms with Gasteiger partial charge in [0.2, 0.25) is 0 Å². The first-order valence-electron chi connectivity index (χ1n) is 5.69. The van der Waals surface area contributed by atoms with E-state index in [0.717, 1.165) is 25.9 Å². The molecule has 2 atom stereocenters. The fourth-order valence-electron chi connectivity index (χ4n) is 2.30. The van der Waals surface area contributed by atoms with Gasteiger partial charge in [-0.15, -0.1) is 0 Å². The highest BCUT2D eigenvalue weighted by Gasteiger charge is 2.33. The van der Waals surface area contributed by atoms with Gasteiger partial charge >= 0.3 is 0 Å². The van der Waals surface area contributed by atoms with E-state index in [9.17, 15) is 5.11 Å². The normalized spacial score (nSPS) is 29.4. The van der Waals surface area contributed by atoms with Gasteiger partial charge in [0.15, 0.2) is 0 Å². The Morgan fingerprint density at radius 1 is 1.53 bits per heavy atom. The Balaban J connectivity index is 2.43. The first kappa shape index (κ1) is 12.9. The van der Waals surface area contributed by atoms with Gasteiger partial charge in [-0.05, 0) is 33.4 Å². The number of aliphatic hydroxyl groups is 1. The molecule has 4 heteroatoms. The number of nitrogens with zero attached hydrogens (tertiary/aromatic N) is 1. The van der Waals surface area contributed by atoms with Crippen molar-refractivity contribution in [2.75, 3.05) is 40.4 Å². The minimum absolute atomic E-state index is 0.00762. The highest BCUT2D eigenvalue weighted by molar-refractivity contribution is 4.85. The zero-order valence-electron chi connectivity index (χ0n) is 9.91. The quantitative estimate of drug-likeness (QED) is 0.682. The average molecular weight is 216 g/mol. The van der Waals surface area contributed by atoms with Crippen LogP contribution < -0.4 is 5.73 Å². The fourth-order valence-corrected chi connectivity index (χ4v) is 2.30. The molecular formula is C11H24N2O2. The van der Waals surface area contributed by atoms with Crippen molar-refractivity contribution in [3.8, 4) is 0 Å². The highest BCUT2D eigenvalue weighted by Crippen LogP contribution is 2.32. The Morgan fingerprint density at radius 2 is 2.27 bits per heavy atom. The number of rotatable bonds is 5. The summed E-state index contributed by atoms with van der Waals surface area (Å²) < 4.78 is 5.48. The van der Waals surface area contributed by atoms with Crippen LogP contribution in [0.4, 0.5) is 0 Å². The first-order valence-corrected chi connectivity index (χ1v) is 5.69. The van der Waals surface area contributed by atoms with Crippen LogP contribution in [0.15, 0.2) is 0 Å². The summed E-state index contributed by atoms with van der Waals surface area (Å²) in [5.41, 5.74) is 5.82. The topological polar surface area (TPSA) is 58.7 Å². The molecule has 0 aromatic carbocycles. The molecule has 90 valence electrons. The monoisotopic (exact) mass is 216 g/mol. The molecule has 1 saturated heterocycles. The molecule has 15 heavy (non-hydrogen) atoms. The van der Waals surface area contributed by atoms with Gasteiger partial charge in [-0.2, -0.15) is 0 Å². The lowest BCUT2D eigenvalue weighted by atomic mass is 9.78. The van der Waals surface area contributed by atoms with Gasteiger partial charge < -0.3 is 20.5 Å². The molecule has 0 amide bonds. The van der Waals surface area contributed by atoms with Gasteiger partial charge in [0.1, 0.15) is 0 Å². The molecule has 0 aromatic heterocycles. The largest absolute Gasteiger partial charge is 0.392 e. The Bertz CT molecular complexity index is 179. The molecular weight excluding hydrogens is 192 g/mol. The predicted octanol–water partition coefficient (Wildman–Crippen LogP) is 0.0545. The van der Waals surface area contributed by atoms with Crippen LogP contribution in [0.5, 0.6) is 0 Å². The van der Waals surface area contributed by atoms with Crippen LogP contribution in [-0.4, -0.2) is 56.5 Å². The van der Waals surface area contributed by atoms with Crippen molar-refractivity contribution in [2.24, 2.45) is 11.1 Å². The first-order chi connectivity index (χ1) is 7.08. The molecule has 1 heterocycles. The van der Waals surface area contributed by atoms with Crippen LogP contribution in [0.25, 0.3) is 0 Å². The second-order valence-electron chi connectivity index (χ2n) is 4.98. The fraction of sp³-hybridized carbons (Fsp3) is 1.00. The molecule has 1 rings (SSSR count). The van der Waals surface area contributed by atoms with E-state index in [1.54, 1.807) is 0 Å². The van der Waals surface area contributed by atoms with Crippen molar-refractivity contribution < 1.29 is 9.84 Å². The van der Waals surface area contributed by atoms with E-state index in [4.69, 9.17) is 10.5 Å². The Labute approximate surface area is 92.4 Å². The van der Waals surface area contributed by atoms with Crippen molar-refractivity contribution in [1.82, 2.24) is 4.90 Å². The van der Waals surface area contributed by atoms with Crippen molar-refractivity contribution in [3.63, 3.8) is 0 Å². The molecule has 0 aromatic rings. The smallest absolute Gasteiger partial charge is 0.0673 e. The molecule has 0 spiro atoms. The molecule has 3 N–H and O–H groups in total. The predicted molar refractivity (Wildman–Crippen MR) is 60.7 cm³/mol. The third kappa shape index (κ3) is 4.07. The van der Waals surface area contributed by atoms with Crippen LogP contribution in [0.2, 0.25) is 0 Å². The lowest BCUT2D eigenvalue weighted by Gasteiger charge is -2.37. The van der Waals surface area contributed by atoms with Crippen molar-refractivity contribution in [2.45, 2.75) is 25.4 Å². The van der Waals surface area contributed by atoms with E-state index < -0.39 is 0 Å². The number of hydrogen-bond acceptors (Lipinski definition) is 4. The highest BCUT2D eigenvalue weighted by atomic mass is 16.5. The summed E-state index contributed by atoms with van der Waals surface area (Å²) in [7, 11) is 3.94. The number of aliphatic hydroxyl groups excluding tert-OH is 1. The van der Waals surface area contributed by atoms with E-state index in [-0.39, 0.29) is 11.5 Å². The third-order valence-electron chi connectivity index (χ3n) is 3.08. The van der Waals surface area contributed by atoms with E-state index in [0.29, 0.717) is 19.7 Å². The lowest BCUT2D eigenvalue weighted by molar-refractivity contribution is -0.0333. The molecule has 1 fully saturated rings. The number of ether oxygens (including phenoxy) is 1. The number of nitrogens with two attached hydrogens (primary N) is 1. The Morgan fingerprint density at radius 3 is 2.73 bits per heavy atom. The Kier molecular flexibility index (Phi) is 4.99. The van der Waals surface area contributed by atoms with Crippen molar-refractivity contribution in [1.29, 1.82) is 0 Å². The maximum absolute atomic E-state index is 9.92. The van der Waals surface area contributed by atoms with E-state index >= 15 is 0 Å². The van der Waals surface area contributed by atoms with Gasteiger partial charge in [-0.1, -0.05) is 0 Å². The number of hydrogen-bond donors (Lipinski definition) is 2. The zero-order valence-corrected chi connectivity index (χ0v) is 9.91. The molecule has 1 aliphatic rings. The second-order valence-corrected chi connectivity index (χ2v) is 4.98. The van der Waals surface area contributed by atoms with Crippen molar-refractivity contribution >= 4 is 0 Å². The molecule has 4 nitrogen and oxygen atoms in total. The summed E-state index contributed by atoms with van der Waals surface area (Å²) in [6.07, 6.45) is 2.59. The van der Waals surface area contributed by atoms with Crippen LogP contribution in [-0.2, 0) is 4.74 Å². The maximum atomic E-state index is 9.92. The van der Waals surface area contributed by atoms with Crippen LogP contribution in [0.3, 0.4) is 0 Å². The SMILES string of the molecule is CN(C)CC(O)CC1(CN)CCCOC1. The molecule has 0 saturated carbocycles. The summed E-state index contributed by atoms with van der Waals surface area (Å²) >= 11 is 0. The molecule has 0 bridgehead atoms. The van der Waals surface area contributed by atoms with E-state index in [2.05, 4.69) is 0 Å². The van der Waals surface area contributed by atoms with Gasteiger partial charge in [0.25, 0.3) is 0 Å². The van der Waals surface area contributed by atoms with E-state index in [1.807, 2.05) is 19.0 Å². The van der Waals surface area contributed by atoms with Crippen LogP contribution >= 0.6 is 0 Å². The van der Waals surface area contributed by atoms with Gasteiger partial charge in [-0.25, -0.2) is 0 Å². The van der Waals surface area contributed by atoms with Crippen LogP contribution in [0, 0.1) is 5.41 Å². The second kappa shape index (κ2) is 5.80. The van der Waals surface area contributed by atoms with Crippen LogP contribution in [0.1, 0.15) is 19.3 Å². The van der Waals surface area contributed by atoms with Gasteiger partial charge in [0, 0.05) is 25.1 Å². The Hall–Kier alpha value is -0.160. The number of likely N-dealkylation sites (N-methyl/N-ethyl adjacent to an activating group) is 1. The third-order valence-corrected chi connectivity index (χ3v) is 3.08. The minimum atomic E-state index is -0.301. The average Bonchev–Trinajstić information content (AvgIpc) is 2.17. The standard InChI is InChI=1S/C11H24N2O2/c1-13(2)7-10(14)6-11(8-12)4-3-5-15-9-11/h10,14H,3-9,12H2,1-2H3. The van der Waals surface area contributed by atoms with Crippen molar-refractivity contribution in [3.05, 3.63) is 0 Å². The van der Waals surface area contributed by atoms with Gasteiger partial charge in [0.05, 0.1) is 12.7 Å². The molecule has 1 aliphatic heterocycles. The summed E-state index contributed by atoms with van der Waals surface area (Å²) in [5.74, 6) is 0. The summed E-state index contributed by atoms with van der Waals surface area (Å²) in [6, 6.07) is 0. The molecule has 0 aliphatic carbocycles. The lowest BCUT2D eigenvalue weighted by Crippen LogP contribution is -2.43. The summed E-state index contributed by atoms with van der Waals surface area (Å²) in [4.78, 5) is 2.00. The molecule has 2 unspecified atom stereocenters. The molecule has 0 radical (unpaired) electrons. The van der Waals surface area contributed by atoms with Gasteiger partial charge in [-0.3, -0.25) is 0 Å². The zero-order chi connectivity index (χ0) is 11.3. The maximum Gasteiger partial charge on any atom is 0.0673 e. The van der Waals surface area contributed by atoms with E-state index in [1.165, 1.54) is 0 Å². The minimum Gasteiger partial charge on any atom is -0.392 e. The summed E-state index contributed by atoms with van der Waals surface area (Å²) in [5, 5.41) is 9.92. The summed E-state index contributed by atoms with van der Waals surface area (Å²) in [6.45, 7) is 2.85.